The molecule has 0 amide bonds. The van der Waals surface area contributed by atoms with E-state index in [1.165, 1.54) is 5.57 Å². The van der Waals surface area contributed by atoms with Crippen molar-refractivity contribution in [2.24, 2.45) is 0 Å². The van der Waals surface area contributed by atoms with Crippen LogP contribution in [0.4, 0.5) is 0 Å². The van der Waals surface area contributed by atoms with E-state index in [4.69, 9.17) is 4.74 Å². The third kappa shape index (κ3) is 1.31. The molecule has 0 spiro atoms. The maximum Gasteiger partial charge on any atom is 0.343 e. The predicted molar refractivity (Wildman–Crippen MR) is 54.5 cm³/mol. The number of hydrogen-bond acceptors (Lipinski definition) is 2. The van der Waals surface area contributed by atoms with Crippen molar-refractivity contribution in [3.8, 4) is 0 Å². The molecule has 0 radical (unpaired) electrons. The normalized spacial score (nSPS) is 23.7. The van der Waals surface area contributed by atoms with Crippen molar-refractivity contribution in [3.63, 3.8) is 0 Å². The molecule has 2 nitrogen and oxygen atoms in total. The smallest absolute Gasteiger partial charge is 0.343 e. The summed E-state index contributed by atoms with van der Waals surface area (Å²) in [4.78, 5) is 11.5. The van der Waals surface area contributed by atoms with Crippen molar-refractivity contribution in [2.75, 3.05) is 0 Å². The summed E-state index contributed by atoms with van der Waals surface area (Å²) in [7, 11) is 0. The Hall–Kier alpha value is -1.31. The molecule has 2 aliphatic rings. The van der Waals surface area contributed by atoms with E-state index in [0.717, 1.165) is 36.2 Å². The largest absolute Gasteiger partial charge is 0.423 e. The average Bonchev–Trinajstić information content (AvgIpc) is 2.56. The lowest BCUT2D eigenvalue weighted by Gasteiger charge is -2.08. The highest BCUT2D eigenvalue weighted by Gasteiger charge is 2.29. The maximum atomic E-state index is 11.5. The van der Waals surface area contributed by atoms with Crippen LogP contribution in [0.25, 0.3) is 0 Å². The van der Waals surface area contributed by atoms with Gasteiger partial charge in [0.15, 0.2) is 0 Å². The van der Waals surface area contributed by atoms with Crippen LogP contribution in [0.15, 0.2) is 34.6 Å². The van der Waals surface area contributed by atoms with Gasteiger partial charge in [0.05, 0.1) is 5.57 Å². The number of carbonyl (C=O) groups excluding carboxylic acids is 1. The molecule has 0 bridgehead atoms. The minimum absolute atomic E-state index is 0.182. The second-order valence-corrected chi connectivity index (χ2v) is 3.69. The van der Waals surface area contributed by atoms with E-state index < -0.39 is 0 Å². The Balaban J connectivity index is 2.47. The lowest BCUT2D eigenvalue weighted by Crippen LogP contribution is -1.97. The molecule has 0 saturated carbocycles. The van der Waals surface area contributed by atoms with Gasteiger partial charge in [-0.3, -0.25) is 0 Å². The van der Waals surface area contributed by atoms with Crippen molar-refractivity contribution >= 4 is 5.97 Å². The predicted octanol–water partition coefficient (Wildman–Crippen LogP) is 2.87. The fourth-order valence-electron chi connectivity index (χ4n) is 1.81. The summed E-state index contributed by atoms with van der Waals surface area (Å²) >= 11 is 0. The fourth-order valence-corrected chi connectivity index (χ4v) is 1.81. The Bertz CT molecular complexity index is 370. The summed E-state index contributed by atoms with van der Waals surface area (Å²) in [5, 5.41) is 0. The van der Waals surface area contributed by atoms with Gasteiger partial charge < -0.3 is 4.74 Å². The Labute approximate surface area is 83.9 Å². The number of allylic oxidation sites excluding steroid dienone is 3. The van der Waals surface area contributed by atoms with Crippen LogP contribution in [0, 0.1) is 0 Å². The van der Waals surface area contributed by atoms with Crippen LogP contribution >= 0.6 is 0 Å². The van der Waals surface area contributed by atoms with E-state index >= 15 is 0 Å². The lowest BCUT2D eigenvalue weighted by atomic mass is 9.96. The van der Waals surface area contributed by atoms with Crippen LogP contribution in [-0.4, -0.2) is 5.97 Å². The second kappa shape index (κ2) is 3.45. The van der Waals surface area contributed by atoms with Crippen molar-refractivity contribution in [1.29, 1.82) is 0 Å². The van der Waals surface area contributed by atoms with Crippen LogP contribution in [0.5, 0.6) is 0 Å². The Kier molecular flexibility index (Phi) is 2.28. The van der Waals surface area contributed by atoms with Gasteiger partial charge in [-0.05, 0) is 31.8 Å². The molecule has 74 valence electrons. The third-order valence-corrected chi connectivity index (χ3v) is 2.78. The van der Waals surface area contributed by atoms with Crippen molar-refractivity contribution in [2.45, 2.75) is 33.1 Å². The highest BCUT2D eigenvalue weighted by atomic mass is 16.5. The first-order valence-electron chi connectivity index (χ1n) is 5.06. The van der Waals surface area contributed by atoms with Gasteiger partial charge in [-0.1, -0.05) is 19.1 Å². The molecule has 2 heteroatoms. The van der Waals surface area contributed by atoms with Gasteiger partial charge in [-0.15, -0.1) is 0 Å². The van der Waals surface area contributed by atoms with Crippen molar-refractivity contribution in [1.82, 2.24) is 0 Å². The van der Waals surface area contributed by atoms with Crippen molar-refractivity contribution < 1.29 is 9.53 Å². The van der Waals surface area contributed by atoms with Crippen LogP contribution in [-0.2, 0) is 9.53 Å². The van der Waals surface area contributed by atoms with Crippen molar-refractivity contribution in [3.05, 3.63) is 34.6 Å². The molecule has 0 atom stereocenters. The quantitative estimate of drug-likeness (QED) is 0.594. The molecule has 1 aliphatic heterocycles. The number of cyclic esters (lactones) is 1. The van der Waals surface area contributed by atoms with E-state index in [2.05, 4.69) is 6.92 Å². The summed E-state index contributed by atoms with van der Waals surface area (Å²) in [6.45, 7) is 4.10. The zero-order valence-electron chi connectivity index (χ0n) is 8.59. The third-order valence-electron chi connectivity index (χ3n) is 2.78. The van der Waals surface area contributed by atoms with Crippen LogP contribution in [0.1, 0.15) is 33.1 Å². The average molecular weight is 190 g/mol. The molecule has 0 fully saturated rings. The first-order chi connectivity index (χ1) is 6.74. The van der Waals surface area contributed by atoms with Gasteiger partial charge in [0.1, 0.15) is 5.76 Å². The summed E-state index contributed by atoms with van der Waals surface area (Å²) in [5.41, 5.74) is 3.04. The van der Waals surface area contributed by atoms with Gasteiger partial charge in [0.25, 0.3) is 0 Å². The zero-order valence-corrected chi connectivity index (χ0v) is 8.59. The van der Waals surface area contributed by atoms with Crippen LogP contribution in [0.3, 0.4) is 0 Å². The van der Waals surface area contributed by atoms with Gasteiger partial charge in [0.2, 0.25) is 0 Å². The molecule has 0 aromatic rings. The van der Waals surface area contributed by atoms with E-state index in [0.29, 0.717) is 0 Å². The molecule has 0 saturated heterocycles. The van der Waals surface area contributed by atoms with Crippen LogP contribution in [0.2, 0.25) is 0 Å². The zero-order chi connectivity index (χ0) is 10.1. The maximum absolute atomic E-state index is 11.5. The number of carbonyl (C=O) groups is 1. The van der Waals surface area contributed by atoms with E-state index in [1.807, 2.05) is 19.1 Å². The highest BCUT2D eigenvalue weighted by Crippen LogP contribution is 2.35. The molecule has 1 heterocycles. The summed E-state index contributed by atoms with van der Waals surface area (Å²) in [6, 6.07) is 0. The Morgan fingerprint density at radius 1 is 1.57 bits per heavy atom. The first kappa shape index (κ1) is 9.25. The Morgan fingerprint density at radius 3 is 3.07 bits per heavy atom. The molecular weight excluding hydrogens is 176 g/mol. The standard InChI is InChI=1S/C12H14O2/c1-3-8(2)11-9-6-4-5-7-10(9)12(13)14-11/h5,7H,3-4,6H2,1-2H3. The molecule has 0 N–H and O–H groups in total. The molecule has 14 heavy (non-hydrogen) atoms. The molecule has 2 rings (SSSR count). The molecule has 0 aromatic heterocycles. The minimum Gasteiger partial charge on any atom is -0.423 e. The summed E-state index contributed by atoms with van der Waals surface area (Å²) in [5.74, 6) is 0.649. The van der Waals surface area contributed by atoms with Gasteiger partial charge in [0, 0.05) is 5.57 Å². The first-order valence-corrected chi connectivity index (χ1v) is 5.06. The number of ether oxygens (including phenoxy) is 1. The monoisotopic (exact) mass is 190 g/mol. The number of rotatable bonds is 1. The molecule has 0 unspecified atom stereocenters. The lowest BCUT2D eigenvalue weighted by molar-refractivity contribution is -0.132. The summed E-state index contributed by atoms with van der Waals surface area (Å²) < 4.78 is 5.28. The summed E-state index contributed by atoms with van der Waals surface area (Å²) in [6.07, 6.45) is 6.80. The topological polar surface area (TPSA) is 26.3 Å². The minimum atomic E-state index is -0.182. The number of hydrogen-bond donors (Lipinski definition) is 0. The van der Waals surface area contributed by atoms with Gasteiger partial charge in [-0.2, -0.15) is 0 Å². The highest BCUT2D eigenvalue weighted by molar-refractivity contribution is 5.97. The number of esters is 1. The molecule has 1 aliphatic carbocycles. The van der Waals surface area contributed by atoms with Crippen LogP contribution < -0.4 is 0 Å². The molecular formula is C12H14O2. The SMILES string of the molecule is CCC(C)=C1OC(=O)C2=C1CCC=C2. The fraction of sp³-hybridized carbons (Fsp3) is 0.417. The Morgan fingerprint density at radius 2 is 2.36 bits per heavy atom. The van der Waals surface area contributed by atoms with E-state index in [-0.39, 0.29) is 5.97 Å². The van der Waals surface area contributed by atoms with Gasteiger partial charge in [-0.25, -0.2) is 4.79 Å². The van der Waals surface area contributed by atoms with E-state index in [9.17, 15) is 4.79 Å². The van der Waals surface area contributed by atoms with E-state index in [1.54, 1.807) is 0 Å². The molecule has 0 aromatic carbocycles. The second-order valence-electron chi connectivity index (χ2n) is 3.69. The van der Waals surface area contributed by atoms with Gasteiger partial charge >= 0.3 is 5.97 Å².